The summed E-state index contributed by atoms with van der Waals surface area (Å²) in [7, 11) is 1.73. The summed E-state index contributed by atoms with van der Waals surface area (Å²) >= 11 is 3.43. The van der Waals surface area contributed by atoms with Crippen molar-refractivity contribution in [3.05, 3.63) is 0 Å². The van der Waals surface area contributed by atoms with Gasteiger partial charge in [0.05, 0.1) is 12.2 Å². The number of hydrogen-bond donors (Lipinski definition) is 0. The van der Waals surface area contributed by atoms with Gasteiger partial charge < -0.3 is 4.74 Å². The summed E-state index contributed by atoms with van der Waals surface area (Å²) in [4.78, 5) is 0. The first-order valence-corrected chi connectivity index (χ1v) is 4.62. The first-order chi connectivity index (χ1) is 5.20. The minimum absolute atomic E-state index is 0.262. The fourth-order valence-electron chi connectivity index (χ4n) is 1.40. The van der Waals surface area contributed by atoms with Crippen LogP contribution < -0.4 is 0 Å². The molecule has 0 spiro atoms. The Balaban J connectivity index is 2.43. The molecule has 0 aliphatic heterocycles. The third-order valence-corrected chi connectivity index (χ3v) is 3.23. The van der Waals surface area contributed by atoms with Gasteiger partial charge in [0, 0.05) is 7.11 Å². The molecule has 1 rings (SSSR count). The molecule has 0 N–H and O–H groups in total. The smallest absolute Gasteiger partial charge is 0.112 e. The Morgan fingerprint density at radius 3 is 2.45 bits per heavy atom. The summed E-state index contributed by atoms with van der Waals surface area (Å²) in [5.74, 6) is 0. The van der Waals surface area contributed by atoms with Crippen LogP contribution in [0, 0.1) is 11.3 Å². The lowest BCUT2D eigenvalue weighted by atomic mass is 9.88. The molecule has 0 aromatic heterocycles. The van der Waals surface area contributed by atoms with Crippen molar-refractivity contribution in [1.29, 1.82) is 5.26 Å². The topological polar surface area (TPSA) is 33.0 Å². The van der Waals surface area contributed by atoms with Gasteiger partial charge in [-0.05, 0) is 25.7 Å². The van der Waals surface area contributed by atoms with Crippen LogP contribution in [0.2, 0.25) is 0 Å². The molecule has 0 heterocycles. The Hall–Kier alpha value is -0.0700. The van der Waals surface area contributed by atoms with Gasteiger partial charge in [0.25, 0.3) is 0 Å². The standard InChI is InChI=1S/C8H12BrNO/c1-11-7-2-4-8(9,6-10)5-3-7/h7H,2-5H2,1H3. The molecule has 1 fully saturated rings. The minimum atomic E-state index is -0.262. The van der Waals surface area contributed by atoms with E-state index in [0.29, 0.717) is 6.10 Å². The fraction of sp³-hybridized carbons (Fsp3) is 0.875. The molecule has 1 saturated carbocycles. The van der Waals surface area contributed by atoms with Gasteiger partial charge in [0.1, 0.15) is 4.32 Å². The molecule has 1 aliphatic carbocycles. The van der Waals surface area contributed by atoms with Crippen LogP contribution in [0.4, 0.5) is 0 Å². The zero-order valence-electron chi connectivity index (χ0n) is 6.64. The summed E-state index contributed by atoms with van der Waals surface area (Å²) in [6.45, 7) is 0. The number of nitriles is 1. The van der Waals surface area contributed by atoms with Gasteiger partial charge in [0.2, 0.25) is 0 Å². The van der Waals surface area contributed by atoms with Crippen molar-refractivity contribution in [1.82, 2.24) is 0 Å². The van der Waals surface area contributed by atoms with Gasteiger partial charge in [-0.2, -0.15) is 5.26 Å². The first kappa shape index (κ1) is 9.02. The zero-order valence-corrected chi connectivity index (χ0v) is 8.23. The van der Waals surface area contributed by atoms with E-state index in [0.717, 1.165) is 25.7 Å². The van der Waals surface area contributed by atoms with E-state index in [2.05, 4.69) is 22.0 Å². The lowest BCUT2D eigenvalue weighted by Gasteiger charge is -2.29. The molecule has 3 heteroatoms. The molecule has 0 unspecified atom stereocenters. The van der Waals surface area contributed by atoms with Crippen molar-refractivity contribution in [2.24, 2.45) is 0 Å². The average molecular weight is 218 g/mol. The van der Waals surface area contributed by atoms with Gasteiger partial charge >= 0.3 is 0 Å². The third-order valence-electron chi connectivity index (χ3n) is 2.26. The normalized spacial score (nSPS) is 38.1. The number of methoxy groups -OCH3 is 1. The highest BCUT2D eigenvalue weighted by molar-refractivity contribution is 9.10. The van der Waals surface area contributed by atoms with E-state index in [1.165, 1.54) is 0 Å². The highest BCUT2D eigenvalue weighted by atomic mass is 79.9. The molecular weight excluding hydrogens is 206 g/mol. The molecule has 0 aromatic rings. The van der Waals surface area contributed by atoms with Gasteiger partial charge in [-0.3, -0.25) is 0 Å². The Bertz CT molecular complexity index is 167. The van der Waals surface area contributed by atoms with Crippen molar-refractivity contribution in [2.45, 2.75) is 36.1 Å². The summed E-state index contributed by atoms with van der Waals surface area (Å²) < 4.78 is 4.94. The van der Waals surface area contributed by atoms with Crippen molar-refractivity contribution in [3.63, 3.8) is 0 Å². The van der Waals surface area contributed by atoms with Crippen molar-refractivity contribution in [3.8, 4) is 6.07 Å². The number of hydrogen-bond acceptors (Lipinski definition) is 2. The molecule has 0 bridgehead atoms. The second-order valence-electron chi connectivity index (χ2n) is 3.01. The van der Waals surface area contributed by atoms with Crippen molar-refractivity contribution < 1.29 is 4.74 Å². The number of ether oxygens (including phenoxy) is 1. The van der Waals surface area contributed by atoms with Crippen LogP contribution in [-0.4, -0.2) is 17.5 Å². The summed E-state index contributed by atoms with van der Waals surface area (Å²) in [5, 5.41) is 8.77. The van der Waals surface area contributed by atoms with Crippen LogP contribution in [0.15, 0.2) is 0 Å². The van der Waals surface area contributed by atoms with Crippen molar-refractivity contribution in [2.75, 3.05) is 7.11 Å². The van der Waals surface area contributed by atoms with E-state index in [4.69, 9.17) is 10.00 Å². The Morgan fingerprint density at radius 1 is 1.55 bits per heavy atom. The third kappa shape index (κ3) is 2.18. The Labute approximate surface area is 75.7 Å². The zero-order chi connectivity index (χ0) is 8.32. The molecule has 0 radical (unpaired) electrons. The highest BCUT2D eigenvalue weighted by Crippen LogP contribution is 2.35. The lowest BCUT2D eigenvalue weighted by molar-refractivity contribution is 0.0679. The van der Waals surface area contributed by atoms with E-state index in [1.54, 1.807) is 7.11 Å². The predicted octanol–water partition coefficient (Wildman–Crippen LogP) is 2.23. The van der Waals surface area contributed by atoms with Crippen LogP contribution in [0.5, 0.6) is 0 Å². The number of halogens is 1. The Morgan fingerprint density at radius 2 is 2.09 bits per heavy atom. The number of nitrogens with zero attached hydrogens (tertiary/aromatic N) is 1. The monoisotopic (exact) mass is 217 g/mol. The largest absolute Gasteiger partial charge is 0.381 e. The van der Waals surface area contributed by atoms with Crippen LogP contribution in [0.25, 0.3) is 0 Å². The van der Waals surface area contributed by atoms with Crippen LogP contribution in [0.3, 0.4) is 0 Å². The average Bonchev–Trinajstić information content (AvgIpc) is 2.06. The minimum Gasteiger partial charge on any atom is -0.381 e. The van der Waals surface area contributed by atoms with E-state index in [9.17, 15) is 0 Å². The van der Waals surface area contributed by atoms with Crippen LogP contribution >= 0.6 is 15.9 Å². The fourth-order valence-corrected chi connectivity index (χ4v) is 1.85. The SMILES string of the molecule is COC1CCC(Br)(C#N)CC1. The molecule has 0 aromatic carbocycles. The maximum absolute atomic E-state index is 8.77. The first-order valence-electron chi connectivity index (χ1n) is 3.83. The van der Waals surface area contributed by atoms with E-state index in [1.807, 2.05) is 0 Å². The van der Waals surface area contributed by atoms with Crippen molar-refractivity contribution >= 4 is 15.9 Å². The molecule has 1 aliphatic rings. The Kier molecular flexibility index (Phi) is 2.91. The maximum atomic E-state index is 8.77. The highest BCUT2D eigenvalue weighted by Gasteiger charge is 2.32. The molecule has 62 valence electrons. The molecule has 11 heavy (non-hydrogen) atoms. The maximum Gasteiger partial charge on any atom is 0.112 e. The van der Waals surface area contributed by atoms with Gasteiger partial charge in [-0.1, -0.05) is 15.9 Å². The lowest BCUT2D eigenvalue weighted by Crippen LogP contribution is -2.29. The number of rotatable bonds is 1. The van der Waals surface area contributed by atoms with Gasteiger partial charge in [-0.25, -0.2) is 0 Å². The summed E-state index contributed by atoms with van der Waals surface area (Å²) in [6.07, 6.45) is 4.17. The molecule has 0 atom stereocenters. The second kappa shape index (κ2) is 3.55. The molecule has 2 nitrogen and oxygen atoms in total. The van der Waals surface area contributed by atoms with Crippen LogP contribution in [-0.2, 0) is 4.74 Å². The van der Waals surface area contributed by atoms with Gasteiger partial charge in [0.15, 0.2) is 0 Å². The quantitative estimate of drug-likeness (QED) is 0.632. The van der Waals surface area contributed by atoms with Gasteiger partial charge in [-0.15, -0.1) is 0 Å². The molecular formula is C8H12BrNO. The number of alkyl halides is 1. The summed E-state index contributed by atoms with van der Waals surface area (Å²) in [6, 6.07) is 2.29. The van der Waals surface area contributed by atoms with E-state index < -0.39 is 0 Å². The van der Waals surface area contributed by atoms with E-state index >= 15 is 0 Å². The molecule has 0 amide bonds. The second-order valence-corrected chi connectivity index (χ2v) is 4.53. The van der Waals surface area contributed by atoms with Crippen LogP contribution in [0.1, 0.15) is 25.7 Å². The molecule has 0 saturated heterocycles. The predicted molar refractivity (Wildman–Crippen MR) is 46.5 cm³/mol. The van der Waals surface area contributed by atoms with E-state index in [-0.39, 0.29) is 4.32 Å². The summed E-state index contributed by atoms with van der Waals surface area (Å²) in [5.41, 5.74) is 0.